The number of ether oxygens (including phenoxy) is 1. The van der Waals surface area contributed by atoms with Crippen LogP contribution in [-0.2, 0) is 33.9 Å². The van der Waals surface area contributed by atoms with Crippen molar-refractivity contribution >= 4 is 5.97 Å². The van der Waals surface area contributed by atoms with Gasteiger partial charge in [0, 0.05) is 23.6 Å². The largest absolute Gasteiger partial charge is 0.507 e. The molecule has 240 valence electrons. The van der Waals surface area contributed by atoms with Gasteiger partial charge in [-0.25, -0.2) is 4.79 Å². The van der Waals surface area contributed by atoms with Crippen molar-refractivity contribution in [3.8, 4) is 11.5 Å². The molecule has 0 aliphatic heterocycles. The predicted molar refractivity (Wildman–Crippen MR) is 185 cm³/mol. The van der Waals surface area contributed by atoms with Crippen LogP contribution in [0.25, 0.3) is 0 Å². The van der Waals surface area contributed by atoms with Crippen molar-refractivity contribution in [3.63, 3.8) is 0 Å². The summed E-state index contributed by atoms with van der Waals surface area (Å²) < 4.78 is 6.05. The lowest BCUT2D eigenvalue weighted by Gasteiger charge is -2.31. The molecule has 0 aliphatic carbocycles. The van der Waals surface area contributed by atoms with Crippen molar-refractivity contribution in [2.45, 2.75) is 157 Å². The highest BCUT2D eigenvalue weighted by atomic mass is 16.5. The molecular weight excluding hydrogens is 528 g/mol. The maximum absolute atomic E-state index is 12.7. The molecule has 0 aromatic heterocycles. The second-order valence-electron chi connectivity index (χ2n) is 15.5. The van der Waals surface area contributed by atoms with E-state index in [0.717, 1.165) is 41.5 Å². The van der Waals surface area contributed by atoms with Gasteiger partial charge in [0.15, 0.2) is 0 Å². The number of benzene rings is 2. The topological polar surface area (TPSA) is 46.5 Å². The highest BCUT2D eigenvalue weighted by Crippen LogP contribution is 2.43. The summed E-state index contributed by atoms with van der Waals surface area (Å²) in [7, 11) is 0. The van der Waals surface area contributed by atoms with Gasteiger partial charge >= 0.3 is 5.97 Å². The molecule has 0 amide bonds. The molecule has 0 heterocycles. The Labute approximate surface area is 264 Å². The molecule has 3 nitrogen and oxygen atoms in total. The standard InChI is InChI=1S/C40H62O3/c1-13-16-18-20-39(9,10)32-24-29(22-28(4)5)36(42)30(25-32)23-31-26-33(40(11,12)21-19-17-14-2)27-34(38(6,7)8)37(31)43-35(41)15-3/h15,24-28,42H,3,13-14,16-23H2,1-2,4-12H3. The van der Waals surface area contributed by atoms with E-state index in [4.69, 9.17) is 4.74 Å². The maximum atomic E-state index is 12.7. The summed E-state index contributed by atoms with van der Waals surface area (Å²) in [5, 5.41) is 11.7. The predicted octanol–water partition coefficient (Wildman–Crippen LogP) is 11.3. The van der Waals surface area contributed by atoms with Crippen molar-refractivity contribution in [1.82, 2.24) is 0 Å². The first-order valence-corrected chi connectivity index (χ1v) is 16.8. The number of hydrogen-bond donors (Lipinski definition) is 1. The lowest BCUT2D eigenvalue weighted by Crippen LogP contribution is -2.22. The lowest BCUT2D eigenvalue weighted by atomic mass is 9.74. The number of aromatic hydroxyl groups is 1. The molecule has 0 atom stereocenters. The Bertz CT molecular complexity index is 1220. The zero-order valence-corrected chi connectivity index (χ0v) is 29.5. The first-order chi connectivity index (χ1) is 20.0. The second-order valence-corrected chi connectivity index (χ2v) is 15.5. The number of rotatable bonds is 16. The molecule has 0 bridgehead atoms. The molecule has 0 aliphatic rings. The Morgan fingerprint density at radius 1 is 0.814 bits per heavy atom. The van der Waals surface area contributed by atoms with E-state index in [1.165, 1.54) is 55.7 Å². The summed E-state index contributed by atoms with van der Waals surface area (Å²) in [6.07, 6.45) is 11.9. The van der Waals surface area contributed by atoms with E-state index < -0.39 is 5.97 Å². The van der Waals surface area contributed by atoms with Crippen molar-refractivity contribution in [2.75, 3.05) is 0 Å². The van der Waals surface area contributed by atoms with E-state index >= 15 is 0 Å². The number of phenolic OH excluding ortho intramolecular Hbond substituents is 1. The van der Waals surface area contributed by atoms with Crippen LogP contribution < -0.4 is 4.74 Å². The van der Waals surface area contributed by atoms with E-state index in [2.05, 4.69) is 107 Å². The number of carbonyl (C=O) groups is 1. The smallest absolute Gasteiger partial charge is 0.335 e. The highest BCUT2D eigenvalue weighted by molar-refractivity contribution is 5.84. The summed E-state index contributed by atoms with van der Waals surface area (Å²) >= 11 is 0. The third kappa shape index (κ3) is 10.3. The molecule has 2 aromatic rings. The maximum Gasteiger partial charge on any atom is 0.335 e. The summed E-state index contributed by atoms with van der Waals surface area (Å²) in [5.74, 6) is 0.925. The summed E-state index contributed by atoms with van der Waals surface area (Å²) in [4.78, 5) is 12.7. The Morgan fingerprint density at radius 2 is 1.30 bits per heavy atom. The van der Waals surface area contributed by atoms with Crippen LogP contribution in [-0.4, -0.2) is 11.1 Å². The van der Waals surface area contributed by atoms with Gasteiger partial charge in [0.05, 0.1) is 0 Å². The van der Waals surface area contributed by atoms with Gasteiger partial charge in [-0.15, -0.1) is 0 Å². The first-order valence-electron chi connectivity index (χ1n) is 16.8. The number of unbranched alkanes of at least 4 members (excludes halogenated alkanes) is 4. The molecule has 43 heavy (non-hydrogen) atoms. The van der Waals surface area contributed by atoms with Gasteiger partial charge in [0.2, 0.25) is 0 Å². The van der Waals surface area contributed by atoms with Crippen LogP contribution in [0.3, 0.4) is 0 Å². The highest BCUT2D eigenvalue weighted by Gasteiger charge is 2.30. The van der Waals surface area contributed by atoms with E-state index in [1.807, 2.05) is 0 Å². The third-order valence-corrected chi connectivity index (χ3v) is 8.99. The molecule has 0 radical (unpaired) electrons. The average molecular weight is 591 g/mol. The summed E-state index contributed by atoms with van der Waals surface area (Å²) in [6, 6.07) is 8.92. The van der Waals surface area contributed by atoms with Gasteiger partial charge in [-0.3, -0.25) is 0 Å². The third-order valence-electron chi connectivity index (χ3n) is 8.99. The molecule has 2 aromatic carbocycles. The van der Waals surface area contributed by atoms with Crippen LogP contribution in [0, 0.1) is 5.92 Å². The van der Waals surface area contributed by atoms with E-state index in [-0.39, 0.29) is 16.2 Å². The minimum Gasteiger partial charge on any atom is -0.507 e. The molecule has 2 rings (SSSR count). The van der Waals surface area contributed by atoms with Gasteiger partial charge in [0.1, 0.15) is 11.5 Å². The van der Waals surface area contributed by atoms with Crippen LogP contribution >= 0.6 is 0 Å². The number of phenols is 1. The molecule has 1 N–H and O–H groups in total. The quantitative estimate of drug-likeness (QED) is 0.0915. The number of esters is 1. The van der Waals surface area contributed by atoms with Gasteiger partial charge in [-0.05, 0) is 63.7 Å². The normalized spacial score (nSPS) is 12.6. The molecule has 0 unspecified atom stereocenters. The molecule has 0 saturated heterocycles. The van der Waals surface area contributed by atoms with E-state index in [0.29, 0.717) is 23.8 Å². The van der Waals surface area contributed by atoms with Gasteiger partial charge in [-0.2, -0.15) is 0 Å². The molecule has 3 heteroatoms. The SMILES string of the molecule is C=CC(=O)Oc1c(Cc2cc(C(C)(C)CCCCC)cc(CC(C)C)c2O)cc(C(C)(C)CCCCC)cc1C(C)(C)C. The molecule has 0 fully saturated rings. The number of carbonyl (C=O) groups excluding carboxylic acids is 1. The van der Waals surface area contributed by atoms with Crippen molar-refractivity contribution in [2.24, 2.45) is 5.92 Å². The second kappa shape index (κ2) is 15.4. The average Bonchev–Trinajstić information content (AvgIpc) is 2.90. The summed E-state index contributed by atoms with van der Waals surface area (Å²) in [6.45, 7) is 28.4. The Hall–Kier alpha value is -2.55. The van der Waals surface area contributed by atoms with Gasteiger partial charge in [-0.1, -0.05) is 146 Å². The zero-order valence-electron chi connectivity index (χ0n) is 29.5. The van der Waals surface area contributed by atoms with E-state index in [1.54, 1.807) is 0 Å². The van der Waals surface area contributed by atoms with Gasteiger partial charge in [0.25, 0.3) is 0 Å². The first kappa shape index (κ1) is 36.6. The zero-order chi connectivity index (χ0) is 32.6. The fourth-order valence-corrected chi connectivity index (χ4v) is 6.04. The van der Waals surface area contributed by atoms with Crippen molar-refractivity contribution in [1.29, 1.82) is 0 Å². The van der Waals surface area contributed by atoms with E-state index in [9.17, 15) is 9.90 Å². The molecular formula is C40H62O3. The van der Waals surface area contributed by atoms with Crippen LogP contribution in [0.4, 0.5) is 0 Å². The minimum atomic E-state index is -0.461. The Morgan fingerprint density at radius 3 is 1.77 bits per heavy atom. The monoisotopic (exact) mass is 590 g/mol. The van der Waals surface area contributed by atoms with Crippen LogP contribution in [0.1, 0.15) is 161 Å². The van der Waals surface area contributed by atoms with Crippen LogP contribution in [0.2, 0.25) is 0 Å². The van der Waals surface area contributed by atoms with Crippen molar-refractivity contribution < 1.29 is 14.6 Å². The summed E-state index contributed by atoms with van der Waals surface area (Å²) in [5.41, 5.74) is 6.05. The molecule has 0 saturated carbocycles. The fraction of sp³-hybridized carbons (Fsp3) is 0.625. The van der Waals surface area contributed by atoms with Crippen LogP contribution in [0.5, 0.6) is 11.5 Å². The van der Waals surface area contributed by atoms with Crippen LogP contribution in [0.15, 0.2) is 36.9 Å². The minimum absolute atomic E-state index is 0.0127. The van der Waals surface area contributed by atoms with Gasteiger partial charge < -0.3 is 9.84 Å². The Kier molecular flexibility index (Phi) is 13.2. The Balaban J connectivity index is 2.84. The molecule has 0 spiro atoms. The van der Waals surface area contributed by atoms with Crippen molar-refractivity contribution in [3.05, 3.63) is 70.3 Å². The fourth-order valence-electron chi connectivity index (χ4n) is 6.04. The lowest BCUT2D eigenvalue weighted by molar-refractivity contribution is -0.129. The number of hydrogen-bond acceptors (Lipinski definition) is 3.